The Labute approximate surface area is 156 Å². The second kappa shape index (κ2) is 7.17. The zero-order valence-electron chi connectivity index (χ0n) is 15.0. The number of halogens is 1. The van der Waals surface area contributed by atoms with Crippen LogP contribution in [0.2, 0.25) is 0 Å². The molecule has 0 saturated heterocycles. The van der Waals surface area contributed by atoms with Crippen molar-refractivity contribution in [3.63, 3.8) is 0 Å². The topological polar surface area (TPSA) is 55.3 Å². The highest BCUT2D eigenvalue weighted by Crippen LogP contribution is 2.36. The monoisotopic (exact) mass is 368 g/mol. The maximum Gasteiger partial charge on any atom is 0.196 e. The molecule has 0 aliphatic heterocycles. The van der Waals surface area contributed by atoms with Crippen molar-refractivity contribution in [2.45, 2.75) is 20.8 Å². The van der Waals surface area contributed by atoms with Crippen molar-refractivity contribution in [2.24, 2.45) is 0 Å². The number of nitrogens with zero attached hydrogens (tertiary/aromatic N) is 2. The van der Waals surface area contributed by atoms with Gasteiger partial charge in [-0.15, -0.1) is 11.3 Å². The largest absolute Gasteiger partial charge is 0.397 e. The summed E-state index contributed by atoms with van der Waals surface area (Å²) in [6.07, 6.45) is 4.78. The highest BCUT2D eigenvalue weighted by Gasteiger charge is 2.21. The summed E-state index contributed by atoms with van der Waals surface area (Å²) >= 11 is 1.56. The van der Waals surface area contributed by atoms with E-state index in [-0.39, 0.29) is 5.57 Å². The van der Waals surface area contributed by atoms with Crippen molar-refractivity contribution in [3.05, 3.63) is 71.2 Å². The molecular weight excluding hydrogens is 347 g/mol. The van der Waals surface area contributed by atoms with Crippen molar-refractivity contribution in [2.75, 3.05) is 11.1 Å². The van der Waals surface area contributed by atoms with E-state index in [0.29, 0.717) is 17.2 Å². The molecular formula is C20H21FN4S. The van der Waals surface area contributed by atoms with E-state index in [4.69, 9.17) is 5.73 Å². The fraction of sp³-hybridized carbons (Fsp3) is 0.150. The third kappa shape index (κ3) is 3.15. The van der Waals surface area contributed by atoms with Gasteiger partial charge in [0.05, 0.1) is 11.4 Å². The van der Waals surface area contributed by atoms with Crippen LogP contribution in [0.15, 0.2) is 54.9 Å². The minimum absolute atomic E-state index is 0.230. The van der Waals surface area contributed by atoms with Gasteiger partial charge in [0, 0.05) is 16.1 Å². The number of benzene rings is 1. The van der Waals surface area contributed by atoms with Crippen molar-refractivity contribution in [1.82, 2.24) is 9.38 Å². The van der Waals surface area contributed by atoms with Crippen molar-refractivity contribution in [1.29, 1.82) is 0 Å². The number of imidazole rings is 1. The highest BCUT2D eigenvalue weighted by molar-refractivity contribution is 7.17. The van der Waals surface area contributed by atoms with E-state index >= 15 is 0 Å². The van der Waals surface area contributed by atoms with Crippen LogP contribution < -0.4 is 11.1 Å². The first kappa shape index (κ1) is 17.9. The van der Waals surface area contributed by atoms with Gasteiger partial charge >= 0.3 is 0 Å². The molecule has 0 radical (unpaired) electrons. The van der Waals surface area contributed by atoms with Crippen molar-refractivity contribution >= 4 is 39.1 Å². The molecule has 4 nitrogen and oxygen atoms in total. The van der Waals surface area contributed by atoms with Crippen LogP contribution in [0.3, 0.4) is 0 Å². The van der Waals surface area contributed by atoms with Gasteiger partial charge in [-0.2, -0.15) is 0 Å². The summed E-state index contributed by atoms with van der Waals surface area (Å²) in [6, 6.07) is 7.45. The molecule has 2 aromatic heterocycles. The number of hydrogen-bond acceptors (Lipinski definition) is 4. The number of fused-ring (bicyclic) bond motifs is 1. The Bertz CT molecular complexity index is 1040. The summed E-state index contributed by atoms with van der Waals surface area (Å²) in [5, 5.41) is 3.32. The molecule has 0 aliphatic rings. The minimum Gasteiger partial charge on any atom is -0.397 e. The number of aromatic nitrogens is 2. The van der Waals surface area contributed by atoms with Crippen LogP contribution in [-0.2, 0) is 0 Å². The van der Waals surface area contributed by atoms with Gasteiger partial charge in [-0.1, -0.05) is 30.9 Å². The van der Waals surface area contributed by atoms with Gasteiger partial charge in [-0.25, -0.2) is 9.37 Å². The van der Waals surface area contributed by atoms with E-state index in [1.165, 1.54) is 6.08 Å². The van der Waals surface area contributed by atoms with Gasteiger partial charge in [0.2, 0.25) is 0 Å². The van der Waals surface area contributed by atoms with Gasteiger partial charge < -0.3 is 11.1 Å². The van der Waals surface area contributed by atoms with E-state index in [1.807, 2.05) is 49.4 Å². The van der Waals surface area contributed by atoms with Crippen LogP contribution in [0.1, 0.15) is 23.2 Å². The van der Waals surface area contributed by atoms with E-state index in [1.54, 1.807) is 23.5 Å². The second-order valence-corrected chi connectivity index (χ2v) is 7.08. The quantitative estimate of drug-likeness (QED) is 0.443. The Morgan fingerprint density at radius 2 is 2.08 bits per heavy atom. The Morgan fingerprint density at radius 1 is 1.35 bits per heavy atom. The van der Waals surface area contributed by atoms with Gasteiger partial charge in [0.15, 0.2) is 4.96 Å². The number of anilines is 3. The summed E-state index contributed by atoms with van der Waals surface area (Å²) in [7, 11) is 0. The van der Waals surface area contributed by atoms with Gasteiger partial charge in [-0.05, 0) is 39.0 Å². The predicted octanol–water partition coefficient (Wildman–Crippen LogP) is 5.78. The smallest absolute Gasteiger partial charge is 0.196 e. The first-order valence-electron chi connectivity index (χ1n) is 8.22. The average Bonchev–Trinajstić information content (AvgIpc) is 3.11. The summed E-state index contributed by atoms with van der Waals surface area (Å²) in [4.78, 5) is 6.56. The minimum atomic E-state index is -0.424. The molecule has 0 aliphatic carbocycles. The van der Waals surface area contributed by atoms with Crippen LogP contribution in [0.25, 0.3) is 10.5 Å². The normalized spacial score (nSPS) is 12.2. The molecule has 1 aromatic carbocycles. The lowest BCUT2D eigenvalue weighted by atomic mass is 10.1. The molecule has 0 amide bonds. The fourth-order valence-electron chi connectivity index (χ4n) is 2.61. The molecule has 3 N–H and O–H groups in total. The molecule has 0 atom stereocenters. The van der Waals surface area contributed by atoms with Gasteiger partial charge in [0.25, 0.3) is 0 Å². The lowest BCUT2D eigenvalue weighted by Gasteiger charge is -2.12. The number of aryl methyl sites for hydroxylation is 2. The standard InChI is InChI=1S/C20H21FN4S/c1-5-6-9-15(21)12(2)18-19(23-17-11-8-7-10-16(17)22)25-13(3)14(4)26-20(25)24-18/h5-11,23H,2,22H2,1,3-4H3/b6-5-,15-9+. The Balaban J connectivity index is 2.17. The molecule has 3 rings (SSSR count). The van der Waals surface area contributed by atoms with Crippen LogP contribution in [0, 0.1) is 13.8 Å². The van der Waals surface area contributed by atoms with Crippen LogP contribution in [0.5, 0.6) is 0 Å². The molecule has 134 valence electrons. The second-order valence-electron chi connectivity index (χ2n) is 5.90. The fourth-order valence-corrected chi connectivity index (χ4v) is 3.58. The summed E-state index contributed by atoms with van der Waals surface area (Å²) in [6.45, 7) is 9.79. The maximum absolute atomic E-state index is 14.5. The Hall–Kier alpha value is -2.86. The number of nitrogen functional groups attached to an aromatic ring is 1. The molecule has 0 fully saturated rings. The third-order valence-electron chi connectivity index (χ3n) is 4.16. The average molecular weight is 368 g/mol. The lowest BCUT2D eigenvalue weighted by molar-refractivity contribution is 0.674. The van der Waals surface area contributed by atoms with Crippen molar-refractivity contribution < 1.29 is 4.39 Å². The molecule has 3 aromatic rings. The highest BCUT2D eigenvalue weighted by atomic mass is 32.1. The Kier molecular flexibility index (Phi) is 4.95. The van der Waals surface area contributed by atoms with E-state index < -0.39 is 5.83 Å². The van der Waals surface area contributed by atoms with Crippen LogP contribution in [0.4, 0.5) is 21.6 Å². The number of allylic oxidation sites excluding steroid dienone is 5. The maximum atomic E-state index is 14.5. The predicted molar refractivity (Wildman–Crippen MR) is 110 cm³/mol. The number of para-hydroxylation sites is 2. The zero-order chi connectivity index (χ0) is 18.8. The molecule has 0 spiro atoms. The van der Waals surface area contributed by atoms with Crippen LogP contribution in [-0.4, -0.2) is 9.38 Å². The van der Waals surface area contributed by atoms with E-state index in [0.717, 1.165) is 21.2 Å². The molecule has 0 unspecified atom stereocenters. The summed E-state index contributed by atoms with van der Waals surface area (Å²) in [5.74, 6) is 0.237. The van der Waals surface area contributed by atoms with Crippen LogP contribution >= 0.6 is 11.3 Å². The molecule has 6 heteroatoms. The van der Waals surface area contributed by atoms with Gasteiger partial charge in [-0.3, -0.25) is 4.40 Å². The van der Waals surface area contributed by atoms with E-state index in [2.05, 4.69) is 16.9 Å². The SMILES string of the molecule is C=C(/C(F)=C\C=C/C)c1nc2sc(C)c(C)n2c1Nc1ccccc1N. The third-order valence-corrected chi connectivity index (χ3v) is 5.22. The summed E-state index contributed by atoms with van der Waals surface area (Å²) < 4.78 is 16.5. The molecule has 2 heterocycles. The number of rotatable bonds is 5. The zero-order valence-corrected chi connectivity index (χ0v) is 15.8. The first-order valence-corrected chi connectivity index (χ1v) is 9.03. The number of thiazole rings is 1. The molecule has 26 heavy (non-hydrogen) atoms. The van der Waals surface area contributed by atoms with Gasteiger partial charge in [0.1, 0.15) is 17.3 Å². The summed E-state index contributed by atoms with van der Waals surface area (Å²) in [5.41, 5.74) is 9.17. The molecule has 0 bridgehead atoms. The van der Waals surface area contributed by atoms with E-state index in [9.17, 15) is 4.39 Å². The first-order chi connectivity index (χ1) is 12.4. The lowest BCUT2D eigenvalue weighted by Crippen LogP contribution is -2.02. The number of hydrogen-bond donors (Lipinski definition) is 2. The molecule has 0 saturated carbocycles. The number of nitrogens with two attached hydrogens (primary N) is 1. The number of nitrogens with one attached hydrogen (secondary N) is 1. The Morgan fingerprint density at radius 3 is 2.77 bits per heavy atom. The van der Waals surface area contributed by atoms with Crippen molar-refractivity contribution in [3.8, 4) is 0 Å².